The second-order valence-electron chi connectivity index (χ2n) is 3.67. The number of hydrogen-bond donors (Lipinski definition) is 1. The smallest absolute Gasteiger partial charge is 0.284 e. The molecule has 0 aliphatic rings. The topological polar surface area (TPSA) is 109 Å². The number of carbonyl (C=O) groups is 1. The fourth-order valence-electron chi connectivity index (χ4n) is 1.61. The summed E-state index contributed by atoms with van der Waals surface area (Å²) >= 11 is 0. The van der Waals surface area contributed by atoms with Gasteiger partial charge in [-0.05, 0) is 18.2 Å². The Morgan fingerprint density at radius 1 is 1.37 bits per heavy atom. The van der Waals surface area contributed by atoms with Crippen molar-refractivity contribution in [3.8, 4) is 17.1 Å². The minimum Gasteiger partial charge on any atom is -0.496 e. The van der Waals surface area contributed by atoms with Crippen LogP contribution in [-0.4, -0.2) is 17.9 Å². The van der Waals surface area contributed by atoms with Crippen molar-refractivity contribution in [2.24, 2.45) is 5.73 Å². The van der Waals surface area contributed by atoms with Gasteiger partial charge in [0.1, 0.15) is 11.5 Å². The highest BCUT2D eigenvalue weighted by molar-refractivity contribution is 5.90. The molecule has 2 N–H and O–H groups in total. The van der Waals surface area contributed by atoms with Crippen LogP contribution < -0.4 is 10.5 Å². The molecular formula is C12H10N2O5. The zero-order valence-electron chi connectivity index (χ0n) is 9.95. The first-order chi connectivity index (χ1) is 9.02. The van der Waals surface area contributed by atoms with Gasteiger partial charge in [0.25, 0.3) is 11.6 Å². The van der Waals surface area contributed by atoms with E-state index in [2.05, 4.69) is 0 Å². The van der Waals surface area contributed by atoms with Gasteiger partial charge in [0.05, 0.1) is 23.7 Å². The summed E-state index contributed by atoms with van der Waals surface area (Å²) in [6.45, 7) is 0. The predicted molar refractivity (Wildman–Crippen MR) is 65.9 cm³/mol. The number of benzene rings is 1. The number of methoxy groups -OCH3 is 1. The van der Waals surface area contributed by atoms with Crippen molar-refractivity contribution >= 4 is 11.6 Å². The molecule has 0 spiro atoms. The second kappa shape index (κ2) is 4.81. The molecular weight excluding hydrogens is 252 g/mol. The van der Waals surface area contributed by atoms with E-state index in [1.54, 1.807) is 6.07 Å². The zero-order chi connectivity index (χ0) is 14.0. The van der Waals surface area contributed by atoms with E-state index in [4.69, 9.17) is 14.9 Å². The normalized spacial score (nSPS) is 10.2. The van der Waals surface area contributed by atoms with E-state index >= 15 is 0 Å². The highest BCUT2D eigenvalue weighted by Gasteiger charge is 2.16. The molecule has 7 heteroatoms. The third kappa shape index (κ3) is 2.39. The SMILES string of the molecule is COc1cc([N+](=O)[O-])ccc1-c1ccc(C(N)=O)o1. The Bertz CT molecular complexity index is 647. The van der Waals surface area contributed by atoms with E-state index in [-0.39, 0.29) is 17.2 Å². The standard InChI is InChI=1S/C12H10N2O5/c1-18-11-6-7(14(16)17)2-3-8(11)9-4-5-10(19-9)12(13)15/h2-6H,1H3,(H2,13,15). The fourth-order valence-corrected chi connectivity index (χ4v) is 1.61. The molecule has 1 amide bonds. The first-order valence-electron chi connectivity index (χ1n) is 5.25. The number of non-ortho nitro benzene ring substituents is 1. The molecule has 0 radical (unpaired) electrons. The van der Waals surface area contributed by atoms with Gasteiger partial charge >= 0.3 is 0 Å². The summed E-state index contributed by atoms with van der Waals surface area (Å²) in [6.07, 6.45) is 0. The summed E-state index contributed by atoms with van der Waals surface area (Å²) in [5, 5.41) is 10.7. The highest BCUT2D eigenvalue weighted by Crippen LogP contribution is 2.34. The minimum absolute atomic E-state index is 0.00964. The Labute approximate surface area is 107 Å². The first kappa shape index (κ1) is 12.6. The fraction of sp³-hybridized carbons (Fsp3) is 0.0833. The summed E-state index contributed by atoms with van der Waals surface area (Å²) in [5.74, 6) is -0.0531. The van der Waals surface area contributed by atoms with Crippen molar-refractivity contribution in [1.29, 1.82) is 0 Å². The van der Waals surface area contributed by atoms with Crippen molar-refractivity contribution in [2.45, 2.75) is 0 Å². The monoisotopic (exact) mass is 262 g/mol. The Kier molecular flexibility index (Phi) is 3.19. The molecule has 0 unspecified atom stereocenters. The summed E-state index contributed by atoms with van der Waals surface area (Å²) in [6, 6.07) is 7.06. The van der Waals surface area contributed by atoms with E-state index in [1.807, 2.05) is 0 Å². The zero-order valence-corrected chi connectivity index (χ0v) is 9.95. The van der Waals surface area contributed by atoms with Gasteiger partial charge < -0.3 is 14.9 Å². The number of nitro benzene ring substituents is 1. The molecule has 98 valence electrons. The van der Waals surface area contributed by atoms with E-state index in [0.717, 1.165) is 0 Å². The number of rotatable bonds is 4. The van der Waals surface area contributed by atoms with Crippen molar-refractivity contribution in [3.05, 3.63) is 46.2 Å². The Hall–Kier alpha value is -2.83. The van der Waals surface area contributed by atoms with Gasteiger partial charge in [-0.2, -0.15) is 0 Å². The molecule has 0 fully saturated rings. The molecule has 2 aromatic rings. The number of carbonyl (C=O) groups excluding carboxylic acids is 1. The molecule has 1 aromatic carbocycles. The van der Waals surface area contributed by atoms with Gasteiger partial charge in [0.15, 0.2) is 5.76 Å². The van der Waals surface area contributed by atoms with Crippen LogP contribution in [0.4, 0.5) is 5.69 Å². The maximum atomic E-state index is 11.0. The lowest BCUT2D eigenvalue weighted by atomic mass is 10.1. The summed E-state index contributed by atoms with van der Waals surface area (Å²) in [7, 11) is 1.39. The number of ether oxygens (including phenoxy) is 1. The molecule has 19 heavy (non-hydrogen) atoms. The summed E-state index contributed by atoms with van der Waals surface area (Å²) < 4.78 is 10.3. The predicted octanol–water partition coefficient (Wildman–Crippen LogP) is 1.96. The second-order valence-corrected chi connectivity index (χ2v) is 3.67. The Morgan fingerprint density at radius 2 is 2.11 bits per heavy atom. The average Bonchev–Trinajstić information content (AvgIpc) is 2.87. The summed E-state index contributed by atoms with van der Waals surface area (Å²) in [5.41, 5.74) is 5.49. The molecule has 0 saturated heterocycles. The quantitative estimate of drug-likeness (QED) is 0.669. The number of hydrogen-bond acceptors (Lipinski definition) is 5. The van der Waals surface area contributed by atoms with Crippen LogP contribution in [0.1, 0.15) is 10.6 Å². The number of nitro groups is 1. The van der Waals surface area contributed by atoms with Crippen LogP contribution >= 0.6 is 0 Å². The van der Waals surface area contributed by atoms with Crippen molar-refractivity contribution in [1.82, 2.24) is 0 Å². The van der Waals surface area contributed by atoms with Crippen LogP contribution in [0.15, 0.2) is 34.7 Å². The van der Waals surface area contributed by atoms with Crippen LogP contribution in [0.5, 0.6) is 5.75 Å². The molecule has 0 bridgehead atoms. The Morgan fingerprint density at radius 3 is 2.63 bits per heavy atom. The van der Waals surface area contributed by atoms with Crippen LogP contribution in [-0.2, 0) is 0 Å². The maximum absolute atomic E-state index is 11.0. The highest BCUT2D eigenvalue weighted by atomic mass is 16.6. The van der Waals surface area contributed by atoms with E-state index in [1.165, 1.54) is 31.4 Å². The largest absolute Gasteiger partial charge is 0.496 e. The van der Waals surface area contributed by atoms with Crippen LogP contribution in [0.3, 0.4) is 0 Å². The lowest BCUT2D eigenvalue weighted by Crippen LogP contribution is -2.09. The molecule has 0 aliphatic heterocycles. The van der Waals surface area contributed by atoms with Crippen molar-refractivity contribution in [3.63, 3.8) is 0 Å². The van der Waals surface area contributed by atoms with Gasteiger partial charge in [-0.15, -0.1) is 0 Å². The number of nitrogens with two attached hydrogens (primary N) is 1. The number of furan rings is 1. The number of nitrogens with zero attached hydrogens (tertiary/aromatic N) is 1. The maximum Gasteiger partial charge on any atom is 0.284 e. The molecule has 7 nitrogen and oxygen atoms in total. The summed E-state index contributed by atoms with van der Waals surface area (Å²) in [4.78, 5) is 21.1. The Balaban J connectivity index is 2.48. The van der Waals surface area contributed by atoms with Crippen LogP contribution in [0.2, 0.25) is 0 Å². The molecule has 1 aromatic heterocycles. The number of primary amides is 1. The number of amides is 1. The van der Waals surface area contributed by atoms with Gasteiger partial charge in [-0.25, -0.2) is 0 Å². The molecule has 2 rings (SSSR count). The van der Waals surface area contributed by atoms with E-state index in [0.29, 0.717) is 11.3 Å². The third-order valence-corrected chi connectivity index (χ3v) is 2.51. The molecule has 0 saturated carbocycles. The van der Waals surface area contributed by atoms with Gasteiger partial charge in [-0.3, -0.25) is 14.9 Å². The van der Waals surface area contributed by atoms with Gasteiger partial charge in [0, 0.05) is 6.07 Å². The van der Waals surface area contributed by atoms with Gasteiger partial charge in [-0.1, -0.05) is 0 Å². The van der Waals surface area contributed by atoms with Crippen molar-refractivity contribution in [2.75, 3.05) is 7.11 Å². The van der Waals surface area contributed by atoms with Gasteiger partial charge in [0.2, 0.25) is 0 Å². The third-order valence-electron chi connectivity index (χ3n) is 2.51. The molecule has 0 aliphatic carbocycles. The molecule has 1 heterocycles. The van der Waals surface area contributed by atoms with Crippen molar-refractivity contribution < 1.29 is 18.9 Å². The first-order valence-corrected chi connectivity index (χ1v) is 5.25. The van der Waals surface area contributed by atoms with Crippen LogP contribution in [0, 0.1) is 10.1 Å². The lowest BCUT2D eigenvalue weighted by Gasteiger charge is -2.05. The van der Waals surface area contributed by atoms with E-state index < -0.39 is 10.8 Å². The average molecular weight is 262 g/mol. The lowest BCUT2D eigenvalue weighted by molar-refractivity contribution is -0.384. The minimum atomic E-state index is -0.688. The van der Waals surface area contributed by atoms with E-state index in [9.17, 15) is 14.9 Å². The molecule has 0 atom stereocenters. The van der Waals surface area contributed by atoms with Crippen LogP contribution in [0.25, 0.3) is 11.3 Å².